The van der Waals surface area contributed by atoms with E-state index in [0.717, 1.165) is 42.0 Å². The summed E-state index contributed by atoms with van der Waals surface area (Å²) in [5.41, 5.74) is 4.07. The van der Waals surface area contributed by atoms with Crippen LogP contribution in [0.25, 0.3) is 11.7 Å². The first-order valence-electron chi connectivity index (χ1n) is 10.8. The predicted molar refractivity (Wildman–Crippen MR) is 120 cm³/mol. The first kappa shape index (κ1) is 24.4. The van der Waals surface area contributed by atoms with Crippen molar-refractivity contribution in [2.45, 2.75) is 52.4 Å². The molecule has 0 saturated heterocycles. The molecule has 0 unspecified atom stereocenters. The predicted octanol–water partition coefficient (Wildman–Crippen LogP) is 3.19. The standard InChI is InChI=1S/C22H33N5O4/c1-4-6-7-8-9-18-22(23-14-12-21(29)27(5-2)31-3)26-15-13-17(16-19(26)24-18)10-11-20(28)25-30/h10-11,13,15-16,23,30H,4-9,12,14H2,1-3H3,(H,25,28). The van der Waals surface area contributed by atoms with Gasteiger partial charge in [-0.1, -0.05) is 26.2 Å². The number of anilines is 1. The molecular formula is C22H33N5O4. The zero-order valence-electron chi connectivity index (χ0n) is 18.6. The number of carbonyl (C=O) groups excluding carboxylic acids is 2. The zero-order chi connectivity index (χ0) is 22.6. The number of amides is 2. The first-order chi connectivity index (χ1) is 15.0. The lowest BCUT2D eigenvalue weighted by atomic mass is 10.1. The van der Waals surface area contributed by atoms with E-state index in [1.54, 1.807) is 11.6 Å². The van der Waals surface area contributed by atoms with Gasteiger partial charge >= 0.3 is 0 Å². The molecule has 3 N–H and O–H groups in total. The largest absolute Gasteiger partial charge is 0.369 e. The average Bonchev–Trinajstić information content (AvgIpc) is 3.12. The number of carbonyl (C=O) groups is 2. The van der Waals surface area contributed by atoms with Crippen LogP contribution in [0.3, 0.4) is 0 Å². The summed E-state index contributed by atoms with van der Waals surface area (Å²) >= 11 is 0. The van der Waals surface area contributed by atoms with Gasteiger partial charge in [0.05, 0.1) is 12.8 Å². The second-order valence-corrected chi connectivity index (χ2v) is 7.16. The first-order valence-corrected chi connectivity index (χ1v) is 10.8. The molecule has 0 aliphatic carbocycles. The minimum Gasteiger partial charge on any atom is -0.369 e. The number of imidazole rings is 1. The van der Waals surface area contributed by atoms with Gasteiger partial charge in [-0.15, -0.1) is 0 Å². The summed E-state index contributed by atoms with van der Waals surface area (Å²) in [7, 11) is 1.49. The number of unbranched alkanes of at least 4 members (excludes halogenated alkanes) is 3. The van der Waals surface area contributed by atoms with Crippen molar-refractivity contribution in [3.05, 3.63) is 35.7 Å². The number of hydrogen-bond acceptors (Lipinski definition) is 6. The number of hydrogen-bond donors (Lipinski definition) is 3. The van der Waals surface area contributed by atoms with Crippen molar-refractivity contribution in [2.24, 2.45) is 0 Å². The van der Waals surface area contributed by atoms with Gasteiger partial charge in [0.2, 0.25) is 5.91 Å². The van der Waals surface area contributed by atoms with Crippen molar-refractivity contribution >= 4 is 29.4 Å². The van der Waals surface area contributed by atoms with E-state index in [4.69, 9.17) is 15.0 Å². The molecule has 2 heterocycles. The van der Waals surface area contributed by atoms with Crippen molar-refractivity contribution in [3.63, 3.8) is 0 Å². The topological polar surface area (TPSA) is 108 Å². The van der Waals surface area contributed by atoms with Gasteiger partial charge in [-0.2, -0.15) is 0 Å². The van der Waals surface area contributed by atoms with Gasteiger partial charge in [0.1, 0.15) is 11.5 Å². The Kier molecular flexibility index (Phi) is 9.99. The maximum Gasteiger partial charge on any atom is 0.267 e. The Morgan fingerprint density at radius 2 is 2.10 bits per heavy atom. The molecule has 0 atom stereocenters. The third kappa shape index (κ3) is 7.08. The van der Waals surface area contributed by atoms with Crippen LogP contribution >= 0.6 is 0 Å². The molecule has 0 radical (unpaired) electrons. The van der Waals surface area contributed by atoms with E-state index in [1.807, 2.05) is 29.7 Å². The van der Waals surface area contributed by atoms with Gasteiger partial charge in [0.25, 0.3) is 5.91 Å². The number of aromatic nitrogens is 2. The molecule has 0 fully saturated rings. The van der Waals surface area contributed by atoms with Crippen LogP contribution in [0.1, 0.15) is 57.2 Å². The molecular weight excluding hydrogens is 398 g/mol. The Morgan fingerprint density at radius 3 is 2.77 bits per heavy atom. The Bertz CT molecular complexity index is 889. The molecule has 2 aromatic heterocycles. The van der Waals surface area contributed by atoms with Crippen molar-refractivity contribution in [2.75, 3.05) is 25.5 Å². The lowest BCUT2D eigenvalue weighted by Gasteiger charge is -2.17. The van der Waals surface area contributed by atoms with Crippen LogP contribution in [0.4, 0.5) is 5.82 Å². The Balaban J connectivity index is 2.20. The fourth-order valence-corrected chi connectivity index (χ4v) is 3.32. The summed E-state index contributed by atoms with van der Waals surface area (Å²) in [4.78, 5) is 33.3. The highest BCUT2D eigenvalue weighted by molar-refractivity contribution is 5.90. The smallest absolute Gasteiger partial charge is 0.267 e. The summed E-state index contributed by atoms with van der Waals surface area (Å²) < 4.78 is 1.96. The SMILES string of the molecule is CCCCCCc1nc2cc(C=CC(=O)NO)ccn2c1NCCC(=O)N(CC)OC. The molecule has 0 aliphatic rings. The molecule has 2 amide bonds. The van der Waals surface area contributed by atoms with Gasteiger partial charge in [-0.25, -0.2) is 15.5 Å². The van der Waals surface area contributed by atoms with Gasteiger partial charge in [0, 0.05) is 31.8 Å². The van der Waals surface area contributed by atoms with Crippen LogP contribution in [-0.2, 0) is 20.8 Å². The Morgan fingerprint density at radius 1 is 1.29 bits per heavy atom. The van der Waals surface area contributed by atoms with E-state index in [9.17, 15) is 9.59 Å². The van der Waals surface area contributed by atoms with Crippen LogP contribution in [0.2, 0.25) is 0 Å². The highest BCUT2D eigenvalue weighted by Gasteiger charge is 2.14. The van der Waals surface area contributed by atoms with Crippen LogP contribution in [0.15, 0.2) is 24.4 Å². The number of rotatable bonds is 13. The molecule has 0 bridgehead atoms. The highest BCUT2D eigenvalue weighted by atomic mass is 16.7. The summed E-state index contributed by atoms with van der Waals surface area (Å²) in [6.45, 7) is 5.01. The van der Waals surface area contributed by atoms with E-state index < -0.39 is 5.91 Å². The normalized spacial score (nSPS) is 11.2. The third-order valence-corrected chi connectivity index (χ3v) is 4.94. The highest BCUT2D eigenvalue weighted by Crippen LogP contribution is 2.22. The maximum absolute atomic E-state index is 12.2. The number of fused-ring (bicyclic) bond motifs is 1. The monoisotopic (exact) mass is 431 g/mol. The molecule has 0 aliphatic heterocycles. The lowest BCUT2D eigenvalue weighted by Crippen LogP contribution is -2.31. The van der Waals surface area contributed by atoms with Crippen LogP contribution in [-0.4, -0.2) is 51.7 Å². The second kappa shape index (κ2) is 12.7. The number of hydroxylamine groups is 3. The van der Waals surface area contributed by atoms with Crippen LogP contribution in [0, 0.1) is 0 Å². The maximum atomic E-state index is 12.2. The molecule has 2 rings (SSSR count). The number of aryl methyl sites for hydroxylation is 1. The van der Waals surface area contributed by atoms with E-state index in [1.165, 1.54) is 31.1 Å². The minimum absolute atomic E-state index is 0.0783. The molecule has 2 aromatic rings. The molecule has 0 spiro atoms. The lowest BCUT2D eigenvalue weighted by molar-refractivity contribution is -0.174. The van der Waals surface area contributed by atoms with Gasteiger partial charge in [0.15, 0.2) is 0 Å². The van der Waals surface area contributed by atoms with Gasteiger partial charge < -0.3 is 5.32 Å². The van der Waals surface area contributed by atoms with Crippen LogP contribution < -0.4 is 10.8 Å². The van der Waals surface area contributed by atoms with Gasteiger partial charge in [-0.05, 0) is 43.5 Å². The van der Waals surface area contributed by atoms with Crippen molar-refractivity contribution in [3.8, 4) is 0 Å². The molecule has 31 heavy (non-hydrogen) atoms. The van der Waals surface area contributed by atoms with Crippen molar-refractivity contribution in [1.82, 2.24) is 19.9 Å². The van der Waals surface area contributed by atoms with E-state index in [-0.39, 0.29) is 5.91 Å². The van der Waals surface area contributed by atoms with E-state index >= 15 is 0 Å². The molecule has 170 valence electrons. The summed E-state index contributed by atoms with van der Waals surface area (Å²) in [5.74, 6) is 0.206. The van der Waals surface area contributed by atoms with Crippen molar-refractivity contribution < 1.29 is 19.6 Å². The fraction of sp³-hybridized carbons (Fsp3) is 0.500. The van der Waals surface area contributed by atoms with E-state index in [0.29, 0.717) is 19.5 Å². The molecule has 0 saturated carbocycles. The zero-order valence-corrected chi connectivity index (χ0v) is 18.6. The fourth-order valence-electron chi connectivity index (χ4n) is 3.32. The Labute approximate surface area is 183 Å². The summed E-state index contributed by atoms with van der Waals surface area (Å²) in [6.07, 6.45) is 10.4. The average molecular weight is 432 g/mol. The summed E-state index contributed by atoms with van der Waals surface area (Å²) in [6, 6.07) is 3.73. The number of nitrogens with one attached hydrogen (secondary N) is 2. The minimum atomic E-state index is -0.593. The number of pyridine rings is 1. The molecule has 9 heteroatoms. The Hall–Kier alpha value is -2.91. The van der Waals surface area contributed by atoms with E-state index in [2.05, 4.69) is 12.2 Å². The van der Waals surface area contributed by atoms with Gasteiger partial charge in [-0.3, -0.25) is 24.0 Å². The quantitative estimate of drug-likeness (QED) is 0.195. The molecule has 9 nitrogen and oxygen atoms in total. The summed E-state index contributed by atoms with van der Waals surface area (Å²) in [5, 5.41) is 13.3. The van der Waals surface area contributed by atoms with Crippen LogP contribution in [0.5, 0.6) is 0 Å². The second-order valence-electron chi connectivity index (χ2n) is 7.16. The molecule has 0 aromatic carbocycles. The number of nitrogens with zero attached hydrogens (tertiary/aromatic N) is 3. The van der Waals surface area contributed by atoms with Crippen molar-refractivity contribution in [1.29, 1.82) is 0 Å². The third-order valence-electron chi connectivity index (χ3n) is 4.94.